The number of methoxy groups -OCH3 is 1. The fourth-order valence-electron chi connectivity index (χ4n) is 4.53. The molecule has 2 aromatic rings. The summed E-state index contributed by atoms with van der Waals surface area (Å²) in [7, 11) is 1.70. The number of hydrogen-bond donors (Lipinski definition) is 0. The van der Waals surface area contributed by atoms with Gasteiger partial charge in [-0.3, -0.25) is 9.80 Å². The second-order valence-electron chi connectivity index (χ2n) is 8.06. The van der Waals surface area contributed by atoms with Crippen LogP contribution in [0.5, 0.6) is 5.75 Å². The number of piperazine rings is 1. The van der Waals surface area contributed by atoms with Crippen LogP contribution in [-0.4, -0.2) is 54.1 Å². The fraction of sp³-hybridized carbons (Fsp3) is 0.560. The van der Waals surface area contributed by atoms with Crippen molar-refractivity contribution >= 4 is 11.8 Å². The summed E-state index contributed by atoms with van der Waals surface area (Å²) in [5, 5.41) is 1.03. The van der Waals surface area contributed by atoms with Gasteiger partial charge in [-0.05, 0) is 49.1 Å². The van der Waals surface area contributed by atoms with E-state index < -0.39 is 0 Å². The molecular weight excluding hydrogens is 390 g/mol. The Hall–Kier alpha value is -1.56. The molecular formula is C25H37N3OS. The van der Waals surface area contributed by atoms with E-state index in [9.17, 15) is 0 Å². The Labute approximate surface area is 187 Å². The van der Waals surface area contributed by atoms with Crippen LogP contribution >= 0.6 is 11.8 Å². The van der Waals surface area contributed by atoms with Crippen LogP contribution in [0.2, 0.25) is 0 Å². The lowest BCUT2D eigenvalue weighted by Crippen LogP contribution is -2.51. The van der Waals surface area contributed by atoms with Crippen molar-refractivity contribution in [3.8, 4) is 5.75 Å². The molecule has 5 heteroatoms. The van der Waals surface area contributed by atoms with Crippen LogP contribution in [0, 0.1) is 0 Å². The summed E-state index contributed by atoms with van der Waals surface area (Å²) in [4.78, 5) is 11.3. The third kappa shape index (κ3) is 5.99. The fourth-order valence-corrected chi connectivity index (χ4v) is 5.34. The minimum absolute atomic E-state index is 0.460. The zero-order valence-corrected chi connectivity index (χ0v) is 19.8. The molecule has 1 aromatic carbocycles. The van der Waals surface area contributed by atoms with E-state index in [0.29, 0.717) is 6.04 Å². The first-order valence-corrected chi connectivity index (χ1v) is 12.3. The van der Waals surface area contributed by atoms with E-state index in [-0.39, 0.29) is 0 Å². The van der Waals surface area contributed by atoms with Crippen molar-refractivity contribution in [3.63, 3.8) is 0 Å². The lowest BCUT2D eigenvalue weighted by atomic mass is 10.0. The lowest BCUT2D eigenvalue weighted by molar-refractivity contribution is 0.0626. The smallest absolute Gasteiger partial charge is 0.119 e. The highest BCUT2D eigenvalue weighted by atomic mass is 32.2. The Morgan fingerprint density at radius 2 is 1.77 bits per heavy atom. The molecule has 1 aliphatic heterocycles. The van der Waals surface area contributed by atoms with Crippen LogP contribution in [-0.2, 0) is 0 Å². The third-order valence-electron chi connectivity index (χ3n) is 6.19. The van der Waals surface area contributed by atoms with Crippen LogP contribution in [0.15, 0.2) is 52.5 Å². The number of nitrogens with zero attached hydrogens (tertiary/aromatic N) is 3. The highest BCUT2D eigenvalue weighted by Crippen LogP contribution is 2.31. The monoisotopic (exact) mass is 427 g/mol. The van der Waals surface area contributed by atoms with E-state index in [1.807, 2.05) is 12.1 Å². The standard InChI is InChI=1S/C25H37N3OS/c1-5-9-21(6-2)27-14-16-28(17-15-27)24(7-3)20-12-13-25(26-19-20)30-23-11-8-10-22(18-23)29-4/h8,10-13,18-19,21,24H,5-7,9,14-17H2,1-4H3. The van der Waals surface area contributed by atoms with Crippen molar-refractivity contribution in [2.75, 3.05) is 33.3 Å². The van der Waals surface area contributed by atoms with Gasteiger partial charge in [-0.2, -0.15) is 0 Å². The summed E-state index contributed by atoms with van der Waals surface area (Å²) in [5.74, 6) is 0.881. The van der Waals surface area contributed by atoms with Crippen molar-refractivity contribution in [2.45, 2.75) is 68.5 Å². The summed E-state index contributed by atoms with van der Waals surface area (Å²) in [6, 6.07) is 13.8. The molecule has 0 amide bonds. The minimum Gasteiger partial charge on any atom is -0.497 e. The van der Waals surface area contributed by atoms with Crippen molar-refractivity contribution in [3.05, 3.63) is 48.2 Å². The molecule has 0 spiro atoms. The topological polar surface area (TPSA) is 28.6 Å². The van der Waals surface area contributed by atoms with Crippen LogP contribution < -0.4 is 4.74 Å². The molecule has 1 saturated heterocycles. The minimum atomic E-state index is 0.460. The summed E-state index contributed by atoms with van der Waals surface area (Å²) in [6.45, 7) is 11.6. The number of ether oxygens (including phenoxy) is 1. The van der Waals surface area contributed by atoms with Crippen LogP contribution in [0.25, 0.3) is 0 Å². The first-order valence-electron chi connectivity index (χ1n) is 11.4. The van der Waals surface area contributed by atoms with Gasteiger partial charge in [0.15, 0.2) is 0 Å². The molecule has 30 heavy (non-hydrogen) atoms. The molecule has 164 valence electrons. The maximum atomic E-state index is 5.33. The summed E-state index contributed by atoms with van der Waals surface area (Å²) >= 11 is 1.68. The van der Waals surface area contributed by atoms with Gasteiger partial charge in [0.05, 0.1) is 7.11 Å². The van der Waals surface area contributed by atoms with Gasteiger partial charge in [0.25, 0.3) is 0 Å². The van der Waals surface area contributed by atoms with E-state index in [0.717, 1.165) is 41.2 Å². The molecule has 2 heterocycles. The molecule has 0 N–H and O–H groups in total. The number of pyridine rings is 1. The van der Waals surface area contributed by atoms with Crippen LogP contribution in [0.4, 0.5) is 0 Å². The molecule has 1 fully saturated rings. The Kier molecular flexibility index (Phi) is 9.04. The third-order valence-corrected chi connectivity index (χ3v) is 7.13. The van der Waals surface area contributed by atoms with Crippen molar-refractivity contribution in [1.82, 2.24) is 14.8 Å². The van der Waals surface area contributed by atoms with Gasteiger partial charge in [0.2, 0.25) is 0 Å². The highest BCUT2D eigenvalue weighted by molar-refractivity contribution is 7.99. The maximum absolute atomic E-state index is 5.33. The Bertz CT molecular complexity index is 759. The number of hydrogen-bond acceptors (Lipinski definition) is 5. The van der Waals surface area contributed by atoms with Gasteiger partial charge in [-0.1, -0.05) is 51.1 Å². The normalized spacial score (nSPS) is 17.6. The summed E-state index contributed by atoms with van der Waals surface area (Å²) < 4.78 is 5.33. The Morgan fingerprint density at radius 3 is 2.37 bits per heavy atom. The zero-order valence-electron chi connectivity index (χ0n) is 19.0. The number of rotatable bonds is 10. The predicted octanol–water partition coefficient (Wildman–Crippen LogP) is 5.89. The van der Waals surface area contributed by atoms with Gasteiger partial charge < -0.3 is 4.74 Å². The average Bonchev–Trinajstić information content (AvgIpc) is 2.80. The van der Waals surface area contributed by atoms with Crippen molar-refractivity contribution in [1.29, 1.82) is 0 Å². The first-order chi connectivity index (χ1) is 14.7. The molecule has 3 rings (SSSR count). The van der Waals surface area contributed by atoms with Crippen molar-refractivity contribution in [2.24, 2.45) is 0 Å². The van der Waals surface area contributed by atoms with Crippen LogP contribution in [0.1, 0.15) is 58.1 Å². The van der Waals surface area contributed by atoms with E-state index >= 15 is 0 Å². The van der Waals surface area contributed by atoms with Gasteiger partial charge in [0, 0.05) is 49.4 Å². The lowest BCUT2D eigenvalue weighted by Gasteiger charge is -2.42. The number of aromatic nitrogens is 1. The maximum Gasteiger partial charge on any atom is 0.119 e. The Balaban J connectivity index is 1.60. The second kappa shape index (κ2) is 11.7. The molecule has 2 atom stereocenters. The molecule has 0 radical (unpaired) electrons. The molecule has 1 aromatic heterocycles. The molecule has 0 aliphatic carbocycles. The second-order valence-corrected chi connectivity index (χ2v) is 9.15. The van der Waals surface area contributed by atoms with E-state index in [2.05, 4.69) is 61.0 Å². The predicted molar refractivity (Wildman–Crippen MR) is 127 cm³/mol. The molecule has 0 bridgehead atoms. The highest BCUT2D eigenvalue weighted by Gasteiger charge is 2.26. The first kappa shape index (κ1) is 23.1. The zero-order chi connectivity index (χ0) is 21.3. The summed E-state index contributed by atoms with van der Waals surface area (Å²) in [5.41, 5.74) is 1.33. The largest absolute Gasteiger partial charge is 0.497 e. The SMILES string of the molecule is CCCC(CC)N1CCN(C(CC)c2ccc(Sc3cccc(OC)c3)nc2)CC1. The molecule has 2 unspecified atom stereocenters. The van der Waals surface area contributed by atoms with Gasteiger partial charge in [-0.15, -0.1) is 0 Å². The van der Waals surface area contributed by atoms with E-state index in [1.165, 1.54) is 37.9 Å². The summed E-state index contributed by atoms with van der Waals surface area (Å²) in [6.07, 6.45) is 7.07. The number of benzene rings is 1. The van der Waals surface area contributed by atoms with E-state index in [1.54, 1.807) is 18.9 Å². The van der Waals surface area contributed by atoms with Crippen molar-refractivity contribution < 1.29 is 4.74 Å². The molecule has 1 aliphatic rings. The Morgan fingerprint density at radius 1 is 1.00 bits per heavy atom. The van der Waals surface area contributed by atoms with Gasteiger partial charge in [0.1, 0.15) is 10.8 Å². The molecule has 0 saturated carbocycles. The van der Waals surface area contributed by atoms with Crippen LogP contribution in [0.3, 0.4) is 0 Å². The van der Waals surface area contributed by atoms with E-state index in [4.69, 9.17) is 9.72 Å². The quantitative estimate of drug-likeness (QED) is 0.471. The average molecular weight is 428 g/mol. The van der Waals surface area contributed by atoms with Gasteiger partial charge >= 0.3 is 0 Å². The van der Waals surface area contributed by atoms with Gasteiger partial charge in [-0.25, -0.2) is 4.98 Å². The molecule has 4 nitrogen and oxygen atoms in total.